The molecule has 1 aliphatic rings. The molecule has 1 aromatic carbocycles. The van der Waals surface area contributed by atoms with Gasteiger partial charge in [-0.1, -0.05) is 19.1 Å². The minimum absolute atomic E-state index is 0.205. The van der Waals surface area contributed by atoms with Gasteiger partial charge in [0.25, 0.3) is 0 Å². The Morgan fingerprint density at radius 1 is 1.26 bits per heavy atom. The van der Waals surface area contributed by atoms with E-state index in [2.05, 4.69) is 15.4 Å². The summed E-state index contributed by atoms with van der Waals surface area (Å²) in [5.74, 6) is 2.39. The molecule has 4 rings (SSSR count). The summed E-state index contributed by atoms with van der Waals surface area (Å²) in [6.45, 7) is 2.01. The van der Waals surface area contributed by atoms with Crippen LogP contribution in [0, 0.1) is 0 Å². The first kappa shape index (κ1) is 13.6. The topological polar surface area (TPSA) is 76.1 Å². The van der Waals surface area contributed by atoms with E-state index in [0.29, 0.717) is 5.95 Å². The van der Waals surface area contributed by atoms with Crippen LogP contribution in [0.1, 0.15) is 30.1 Å². The van der Waals surface area contributed by atoms with E-state index in [1.807, 2.05) is 37.3 Å². The first-order valence-corrected chi connectivity index (χ1v) is 7.52. The SMILES string of the molecule is CCc1nc2n(n1)C(c1ccco1)C=C(c1ccccc1O)N2. The molecule has 3 heterocycles. The van der Waals surface area contributed by atoms with Gasteiger partial charge in [0.2, 0.25) is 5.95 Å². The fourth-order valence-corrected chi connectivity index (χ4v) is 2.71. The van der Waals surface area contributed by atoms with Gasteiger partial charge in [0, 0.05) is 12.0 Å². The zero-order chi connectivity index (χ0) is 15.8. The lowest BCUT2D eigenvalue weighted by molar-refractivity contribution is 0.446. The Labute approximate surface area is 133 Å². The second kappa shape index (κ2) is 5.31. The summed E-state index contributed by atoms with van der Waals surface area (Å²) in [6, 6.07) is 10.8. The minimum atomic E-state index is -0.205. The molecule has 0 bridgehead atoms. The molecule has 23 heavy (non-hydrogen) atoms. The van der Waals surface area contributed by atoms with E-state index in [1.165, 1.54) is 0 Å². The van der Waals surface area contributed by atoms with E-state index in [9.17, 15) is 5.11 Å². The third-order valence-electron chi connectivity index (χ3n) is 3.85. The van der Waals surface area contributed by atoms with Crippen LogP contribution in [-0.4, -0.2) is 19.9 Å². The second-order valence-corrected chi connectivity index (χ2v) is 5.33. The molecule has 1 aliphatic heterocycles. The number of fused-ring (bicyclic) bond motifs is 1. The van der Waals surface area contributed by atoms with Gasteiger partial charge in [-0.3, -0.25) is 0 Å². The van der Waals surface area contributed by atoms with Crippen LogP contribution >= 0.6 is 0 Å². The summed E-state index contributed by atoms with van der Waals surface area (Å²) >= 11 is 0. The molecule has 1 unspecified atom stereocenters. The molecule has 2 aromatic heterocycles. The Kier molecular flexibility index (Phi) is 3.15. The monoisotopic (exact) mass is 308 g/mol. The number of nitrogens with zero attached hydrogens (tertiary/aromatic N) is 3. The van der Waals surface area contributed by atoms with Gasteiger partial charge in [-0.15, -0.1) is 0 Å². The molecule has 0 aliphatic carbocycles. The van der Waals surface area contributed by atoms with Gasteiger partial charge >= 0.3 is 0 Å². The molecule has 3 aromatic rings. The Balaban J connectivity index is 1.85. The van der Waals surface area contributed by atoms with Crippen molar-refractivity contribution in [3.05, 3.63) is 65.9 Å². The third kappa shape index (κ3) is 2.28. The highest BCUT2D eigenvalue weighted by Gasteiger charge is 2.27. The lowest BCUT2D eigenvalue weighted by Crippen LogP contribution is -2.19. The van der Waals surface area contributed by atoms with Crippen molar-refractivity contribution in [3.8, 4) is 5.75 Å². The molecule has 6 nitrogen and oxygen atoms in total. The van der Waals surface area contributed by atoms with Gasteiger partial charge in [0.1, 0.15) is 17.6 Å². The standard InChI is InChI=1S/C17H16N4O2/c1-2-16-19-17-18-12(11-6-3-4-7-14(11)22)10-13(21(17)20-16)15-8-5-9-23-15/h3-10,13,22H,2H2,1H3,(H,18,19,20). The number of hydrogen-bond donors (Lipinski definition) is 2. The predicted octanol–water partition coefficient (Wildman–Crippen LogP) is 3.20. The molecule has 0 amide bonds. The number of furan rings is 1. The Hall–Kier alpha value is -3.02. The lowest BCUT2D eigenvalue weighted by atomic mass is 10.1. The molecule has 1 atom stereocenters. The van der Waals surface area contributed by atoms with Crippen LogP contribution in [0.25, 0.3) is 5.70 Å². The number of anilines is 1. The maximum atomic E-state index is 10.1. The fraction of sp³-hybridized carbons (Fsp3) is 0.176. The summed E-state index contributed by atoms with van der Waals surface area (Å²) in [5.41, 5.74) is 1.50. The Bertz CT molecular complexity index is 865. The van der Waals surface area contributed by atoms with E-state index in [-0.39, 0.29) is 11.8 Å². The number of benzene rings is 1. The highest BCUT2D eigenvalue weighted by atomic mass is 16.3. The van der Waals surface area contributed by atoms with E-state index in [1.54, 1.807) is 23.1 Å². The van der Waals surface area contributed by atoms with E-state index < -0.39 is 0 Å². The quantitative estimate of drug-likeness (QED) is 0.777. The van der Waals surface area contributed by atoms with Crippen LogP contribution in [-0.2, 0) is 6.42 Å². The smallest absolute Gasteiger partial charge is 0.226 e. The normalized spacial score (nSPS) is 16.6. The predicted molar refractivity (Wildman–Crippen MR) is 86.0 cm³/mol. The van der Waals surface area contributed by atoms with Gasteiger partial charge in [-0.2, -0.15) is 10.1 Å². The first-order chi connectivity index (χ1) is 11.3. The van der Waals surface area contributed by atoms with Gasteiger partial charge in [0.05, 0.1) is 12.0 Å². The molecular formula is C17H16N4O2. The fourth-order valence-electron chi connectivity index (χ4n) is 2.71. The lowest BCUT2D eigenvalue weighted by Gasteiger charge is -2.23. The van der Waals surface area contributed by atoms with Crippen molar-refractivity contribution in [1.82, 2.24) is 14.8 Å². The number of para-hydroxylation sites is 1. The van der Waals surface area contributed by atoms with Crippen molar-refractivity contribution >= 4 is 11.6 Å². The summed E-state index contributed by atoms with van der Waals surface area (Å²) < 4.78 is 7.37. The van der Waals surface area contributed by atoms with Crippen LogP contribution in [0.5, 0.6) is 5.75 Å². The molecule has 0 radical (unpaired) electrons. The molecule has 6 heteroatoms. The summed E-state index contributed by atoms with van der Waals surface area (Å²) in [7, 11) is 0. The van der Waals surface area contributed by atoms with Crippen molar-refractivity contribution in [3.63, 3.8) is 0 Å². The number of aromatic hydroxyl groups is 1. The van der Waals surface area contributed by atoms with Gasteiger partial charge in [-0.25, -0.2) is 4.68 Å². The third-order valence-corrected chi connectivity index (χ3v) is 3.85. The average molecular weight is 308 g/mol. The van der Waals surface area contributed by atoms with Crippen LogP contribution < -0.4 is 5.32 Å². The summed E-state index contributed by atoms with van der Waals surface area (Å²) in [6.07, 6.45) is 4.37. The molecule has 0 fully saturated rings. The number of hydrogen-bond acceptors (Lipinski definition) is 5. The maximum absolute atomic E-state index is 10.1. The molecule has 2 N–H and O–H groups in total. The van der Waals surface area contributed by atoms with Crippen LogP contribution in [0.3, 0.4) is 0 Å². The Morgan fingerprint density at radius 2 is 2.13 bits per heavy atom. The van der Waals surface area contributed by atoms with Crippen molar-refractivity contribution in [2.24, 2.45) is 0 Å². The number of phenols is 1. The first-order valence-electron chi connectivity index (χ1n) is 7.52. The summed E-state index contributed by atoms with van der Waals surface area (Å²) in [5, 5.41) is 17.9. The van der Waals surface area contributed by atoms with E-state index in [4.69, 9.17) is 4.42 Å². The van der Waals surface area contributed by atoms with Crippen molar-refractivity contribution < 1.29 is 9.52 Å². The van der Waals surface area contributed by atoms with E-state index >= 15 is 0 Å². The zero-order valence-corrected chi connectivity index (χ0v) is 12.6. The molecule has 0 saturated carbocycles. The Morgan fingerprint density at radius 3 is 2.87 bits per heavy atom. The van der Waals surface area contributed by atoms with Crippen LogP contribution in [0.15, 0.2) is 53.2 Å². The largest absolute Gasteiger partial charge is 0.507 e. The maximum Gasteiger partial charge on any atom is 0.226 e. The van der Waals surface area contributed by atoms with Crippen LogP contribution in [0.2, 0.25) is 0 Å². The van der Waals surface area contributed by atoms with E-state index in [0.717, 1.165) is 29.3 Å². The second-order valence-electron chi connectivity index (χ2n) is 5.33. The van der Waals surface area contributed by atoms with Gasteiger partial charge in [0.15, 0.2) is 5.82 Å². The molecule has 0 spiro atoms. The number of nitrogens with one attached hydrogen (secondary N) is 1. The highest BCUT2D eigenvalue weighted by molar-refractivity contribution is 5.79. The number of phenolic OH excluding ortho intramolecular Hbond substituents is 1. The molecule has 116 valence electrons. The van der Waals surface area contributed by atoms with Crippen molar-refractivity contribution in [1.29, 1.82) is 0 Å². The van der Waals surface area contributed by atoms with Crippen LogP contribution in [0.4, 0.5) is 5.95 Å². The number of rotatable bonds is 3. The molecule has 0 saturated heterocycles. The minimum Gasteiger partial charge on any atom is -0.507 e. The van der Waals surface area contributed by atoms with Gasteiger partial charge in [-0.05, 0) is 30.3 Å². The average Bonchev–Trinajstić information content (AvgIpc) is 3.23. The number of allylic oxidation sites excluding steroid dienone is 1. The molecular weight excluding hydrogens is 292 g/mol. The highest BCUT2D eigenvalue weighted by Crippen LogP contribution is 2.35. The van der Waals surface area contributed by atoms with Gasteiger partial charge < -0.3 is 14.8 Å². The number of aryl methyl sites for hydroxylation is 1. The van der Waals surface area contributed by atoms with Crippen molar-refractivity contribution in [2.45, 2.75) is 19.4 Å². The summed E-state index contributed by atoms with van der Waals surface area (Å²) in [4.78, 5) is 4.51. The number of aromatic nitrogens is 3. The van der Waals surface area contributed by atoms with Crippen molar-refractivity contribution in [2.75, 3.05) is 5.32 Å². The zero-order valence-electron chi connectivity index (χ0n) is 12.6.